The van der Waals surface area contributed by atoms with Crippen LogP contribution in [0.2, 0.25) is 0 Å². The lowest BCUT2D eigenvalue weighted by molar-refractivity contribution is -0.146. The molecule has 0 saturated heterocycles. The number of hydrogen-bond donors (Lipinski definition) is 3. The molecule has 0 aromatic heterocycles. The second-order valence-electron chi connectivity index (χ2n) is 18.2. The number of anilines is 2. The van der Waals surface area contributed by atoms with Crippen molar-refractivity contribution in [2.24, 2.45) is 51.8 Å². The highest BCUT2D eigenvalue weighted by Gasteiger charge is 2.64. The van der Waals surface area contributed by atoms with Crippen molar-refractivity contribution in [1.29, 1.82) is 0 Å². The number of aliphatic hydroxyl groups excluding tert-OH is 1. The number of ether oxygens (including phenoxy) is 2. The third-order valence-electron chi connectivity index (χ3n) is 15.0. The van der Waals surface area contributed by atoms with Crippen LogP contribution < -0.4 is 16.2 Å². The summed E-state index contributed by atoms with van der Waals surface area (Å²) in [6.45, 7) is 20.1. The topological polar surface area (TPSA) is 108 Å². The Kier molecular flexibility index (Phi) is 13.2. The smallest absolute Gasteiger partial charge is 0.331 e. The van der Waals surface area contributed by atoms with Crippen molar-refractivity contribution < 1.29 is 19.4 Å². The summed E-state index contributed by atoms with van der Waals surface area (Å²) in [5, 5.41) is 9.71. The van der Waals surface area contributed by atoms with Gasteiger partial charge in [-0.3, -0.25) is 0 Å². The van der Waals surface area contributed by atoms with Gasteiger partial charge >= 0.3 is 5.97 Å². The lowest BCUT2D eigenvalue weighted by atomic mass is 9.42. The van der Waals surface area contributed by atoms with E-state index in [0.717, 1.165) is 65.9 Å². The Morgan fingerprint density at radius 1 is 0.925 bits per heavy atom. The molecule has 292 valence electrons. The van der Waals surface area contributed by atoms with Crippen LogP contribution in [-0.4, -0.2) is 23.8 Å². The van der Waals surface area contributed by atoms with Gasteiger partial charge in [-0.25, -0.2) is 4.79 Å². The predicted molar refractivity (Wildman–Crippen MR) is 220 cm³/mol. The minimum atomic E-state index is -0.285. The third kappa shape index (κ3) is 8.69. The Labute approximate surface area is 321 Å². The summed E-state index contributed by atoms with van der Waals surface area (Å²) < 4.78 is 11.6. The minimum Gasteiger partial charge on any atom is -0.494 e. The minimum absolute atomic E-state index is 0.0549. The SMILES string of the molecule is CCOc1ccc(/C=C/C(=O)OC2CCC3(C)C(=CCC4C3CCC3(C)C(C(C)CCC(C)C(C)C)CCC43C)C2)cc1CO.Nc1cccc(N)c1. The van der Waals surface area contributed by atoms with E-state index in [-0.39, 0.29) is 24.1 Å². The van der Waals surface area contributed by atoms with E-state index in [4.69, 9.17) is 20.9 Å². The number of aliphatic hydroxyl groups is 1. The zero-order valence-corrected chi connectivity index (χ0v) is 34.1. The molecule has 0 aliphatic heterocycles. The van der Waals surface area contributed by atoms with Crippen molar-refractivity contribution in [3.05, 3.63) is 71.3 Å². The third-order valence-corrected chi connectivity index (χ3v) is 15.0. The molecule has 4 aliphatic rings. The van der Waals surface area contributed by atoms with E-state index in [0.29, 0.717) is 34.6 Å². The van der Waals surface area contributed by atoms with Crippen molar-refractivity contribution in [3.63, 3.8) is 0 Å². The molecule has 9 atom stereocenters. The highest BCUT2D eigenvalue weighted by molar-refractivity contribution is 5.87. The Hall–Kier alpha value is -3.25. The summed E-state index contributed by atoms with van der Waals surface area (Å²) in [6, 6.07) is 12.8. The number of benzene rings is 2. The van der Waals surface area contributed by atoms with Crippen molar-refractivity contribution in [2.75, 3.05) is 18.1 Å². The molecule has 5 N–H and O–H groups in total. The summed E-state index contributed by atoms with van der Waals surface area (Å²) in [7, 11) is 0. The number of rotatable bonds is 11. The summed E-state index contributed by atoms with van der Waals surface area (Å²) in [5.74, 6) is 5.15. The highest BCUT2D eigenvalue weighted by atomic mass is 16.5. The maximum atomic E-state index is 12.9. The molecule has 6 rings (SSSR count). The molecule has 3 saturated carbocycles. The largest absolute Gasteiger partial charge is 0.494 e. The predicted octanol–water partition coefficient (Wildman–Crippen LogP) is 11.0. The lowest BCUT2D eigenvalue weighted by Gasteiger charge is -2.63. The van der Waals surface area contributed by atoms with Crippen LogP contribution in [0.1, 0.15) is 131 Å². The van der Waals surface area contributed by atoms with E-state index >= 15 is 0 Å². The number of fused-ring (bicyclic) bond motifs is 5. The van der Waals surface area contributed by atoms with Crippen molar-refractivity contribution in [3.8, 4) is 5.75 Å². The van der Waals surface area contributed by atoms with Gasteiger partial charge in [-0.2, -0.15) is 0 Å². The van der Waals surface area contributed by atoms with Gasteiger partial charge < -0.3 is 26.0 Å². The number of nitrogens with two attached hydrogens (primary N) is 2. The van der Waals surface area contributed by atoms with Crippen LogP contribution in [0.15, 0.2) is 60.2 Å². The quantitative estimate of drug-likeness (QED) is 0.0921. The first kappa shape index (κ1) is 40.9. The molecular formula is C47H70N2O4. The zero-order valence-electron chi connectivity index (χ0n) is 34.1. The molecule has 0 bridgehead atoms. The lowest BCUT2D eigenvalue weighted by Crippen LogP contribution is -2.55. The van der Waals surface area contributed by atoms with Crippen LogP contribution in [0.4, 0.5) is 11.4 Å². The first-order valence-corrected chi connectivity index (χ1v) is 20.7. The fourth-order valence-corrected chi connectivity index (χ4v) is 11.2. The molecule has 0 heterocycles. The molecule has 2 aromatic rings. The van der Waals surface area contributed by atoms with Crippen molar-refractivity contribution >= 4 is 23.4 Å². The van der Waals surface area contributed by atoms with E-state index < -0.39 is 0 Å². The van der Waals surface area contributed by atoms with Gasteiger partial charge in [0.05, 0.1) is 13.2 Å². The van der Waals surface area contributed by atoms with Gasteiger partial charge in [0.25, 0.3) is 0 Å². The second kappa shape index (κ2) is 17.0. The van der Waals surface area contributed by atoms with E-state index in [1.54, 1.807) is 29.8 Å². The van der Waals surface area contributed by atoms with Crippen LogP contribution in [0.25, 0.3) is 6.08 Å². The van der Waals surface area contributed by atoms with E-state index in [1.165, 1.54) is 51.0 Å². The fraction of sp³-hybridized carbons (Fsp3) is 0.638. The van der Waals surface area contributed by atoms with Crippen LogP contribution >= 0.6 is 0 Å². The summed E-state index contributed by atoms with van der Waals surface area (Å²) >= 11 is 0. The number of esters is 1. The molecule has 0 amide bonds. The standard InChI is InChI=1S/C41H62O4.C6H8N2/c1-9-44-37-16-12-30(24-31(37)26-42)13-17-38(43)45-33-18-21-39(6)32(25-33)14-15-36-35(39)20-23-40(7)34(19-22-41(36,40)8)29(5)11-10-28(4)27(2)3;7-5-2-1-3-6(8)4-5/h12-14,16-17,24,27-29,33-36,42H,9-11,15,18-23,25-26H2,1-8H3;1-4H,7-8H2/b17-13+;. The molecule has 6 nitrogen and oxygen atoms in total. The first-order valence-electron chi connectivity index (χ1n) is 20.7. The molecule has 0 spiro atoms. The summed E-state index contributed by atoms with van der Waals surface area (Å²) in [4.78, 5) is 12.9. The van der Waals surface area contributed by atoms with Gasteiger partial charge in [0.2, 0.25) is 0 Å². The van der Waals surface area contributed by atoms with Crippen molar-refractivity contribution in [1.82, 2.24) is 0 Å². The van der Waals surface area contributed by atoms with Crippen LogP contribution in [0, 0.1) is 51.8 Å². The molecule has 4 aliphatic carbocycles. The van der Waals surface area contributed by atoms with Gasteiger partial charge in [-0.1, -0.05) is 85.1 Å². The zero-order chi connectivity index (χ0) is 38.6. The number of nitrogen functional groups attached to an aromatic ring is 2. The maximum absolute atomic E-state index is 12.9. The van der Waals surface area contributed by atoms with Crippen LogP contribution in [0.3, 0.4) is 0 Å². The maximum Gasteiger partial charge on any atom is 0.331 e. The monoisotopic (exact) mass is 727 g/mol. The molecule has 2 aromatic carbocycles. The number of allylic oxidation sites excluding steroid dienone is 1. The van der Waals surface area contributed by atoms with Gasteiger partial charge in [-0.05, 0) is 146 Å². The van der Waals surface area contributed by atoms with E-state index in [1.807, 2.05) is 31.2 Å². The Balaban J connectivity index is 0.000000599. The highest BCUT2D eigenvalue weighted by Crippen LogP contribution is 2.72. The fourth-order valence-electron chi connectivity index (χ4n) is 11.2. The Morgan fingerprint density at radius 2 is 1.64 bits per heavy atom. The average molecular weight is 727 g/mol. The first-order chi connectivity index (χ1) is 25.1. The molecule has 9 unspecified atom stereocenters. The number of carbonyl (C=O) groups excluding carboxylic acids is 1. The van der Waals surface area contributed by atoms with Crippen LogP contribution in [-0.2, 0) is 16.1 Å². The van der Waals surface area contributed by atoms with E-state index in [2.05, 4.69) is 54.5 Å². The van der Waals surface area contributed by atoms with Gasteiger partial charge in [0.1, 0.15) is 11.9 Å². The van der Waals surface area contributed by atoms with Gasteiger partial charge in [-0.15, -0.1) is 0 Å². The Bertz CT molecular complexity index is 1600. The molecular weight excluding hydrogens is 657 g/mol. The summed E-state index contributed by atoms with van der Waals surface area (Å²) in [5.41, 5.74) is 16.4. The van der Waals surface area contributed by atoms with E-state index in [9.17, 15) is 9.90 Å². The molecule has 53 heavy (non-hydrogen) atoms. The number of carbonyl (C=O) groups is 1. The second-order valence-corrected chi connectivity index (χ2v) is 18.2. The van der Waals surface area contributed by atoms with Crippen molar-refractivity contribution in [2.45, 2.75) is 132 Å². The number of hydrogen-bond acceptors (Lipinski definition) is 6. The van der Waals surface area contributed by atoms with Gasteiger partial charge in [0, 0.05) is 29.4 Å². The molecule has 6 heteroatoms. The molecule has 3 fully saturated rings. The van der Waals surface area contributed by atoms with Crippen LogP contribution in [0.5, 0.6) is 5.75 Å². The normalized spacial score (nSPS) is 31.7. The Morgan fingerprint density at radius 3 is 2.28 bits per heavy atom. The summed E-state index contributed by atoms with van der Waals surface area (Å²) in [6.07, 6.45) is 18.2. The molecule has 0 radical (unpaired) electrons. The van der Waals surface area contributed by atoms with Gasteiger partial charge in [0.15, 0.2) is 0 Å². The average Bonchev–Trinajstić information content (AvgIpc) is 3.41.